The third-order valence-electron chi connectivity index (χ3n) is 1.39. The molecule has 1 aromatic heterocycles. The van der Waals surface area contributed by atoms with E-state index in [-0.39, 0.29) is 0 Å². The Balaban J connectivity index is 2.12. The molecule has 2 heterocycles. The number of anilines is 1. The van der Waals surface area contributed by atoms with Crippen molar-refractivity contribution < 1.29 is 9.25 Å². The molecule has 1 fully saturated rings. The lowest BCUT2D eigenvalue weighted by molar-refractivity contribution is 0.166. The molecular formula is C6H7N2O2. The maximum atomic E-state index is 5.19. The summed E-state index contributed by atoms with van der Waals surface area (Å²) < 4.78 is 4.67. The van der Waals surface area contributed by atoms with Crippen molar-refractivity contribution in [1.82, 2.24) is 4.98 Å². The molecule has 0 atom stereocenters. The third kappa shape index (κ3) is 0.863. The van der Waals surface area contributed by atoms with Crippen LogP contribution in [0.5, 0.6) is 0 Å². The van der Waals surface area contributed by atoms with Crippen LogP contribution in [0.15, 0.2) is 10.7 Å². The van der Waals surface area contributed by atoms with Crippen LogP contribution < -0.4 is 5.06 Å². The van der Waals surface area contributed by atoms with Crippen molar-refractivity contribution in [2.45, 2.75) is 6.42 Å². The maximum absolute atomic E-state index is 5.19. The zero-order valence-electron chi connectivity index (χ0n) is 5.41. The summed E-state index contributed by atoms with van der Waals surface area (Å²) in [4.78, 5) is 9.00. The zero-order chi connectivity index (χ0) is 6.81. The second-order valence-corrected chi connectivity index (χ2v) is 2.09. The molecule has 1 saturated heterocycles. The Morgan fingerprint density at radius 2 is 2.70 bits per heavy atom. The first-order chi connectivity index (χ1) is 4.97. The van der Waals surface area contributed by atoms with Crippen LogP contribution in [0, 0.1) is 6.39 Å². The molecule has 0 spiro atoms. The lowest BCUT2D eigenvalue weighted by Crippen LogP contribution is -2.15. The first-order valence-electron chi connectivity index (χ1n) is 3.19. The van der Waals surface area contributed by atoms with Gasteiger partial charge in [-0.25, -0.2) is 5.06 Å². The van der Waals surface area contributed by atoms with Crippen LogP contribution in [0.3, 0.4) is 0 Å². The molecule has 1 aliphatic rings. The minimum atomic E-state index is 0.706. The summed E-state index contributed by atoms with van der Waals surface area (Å²) in [5, 5.41) is 1.71. The van der Waals surface area contributed by atoms with E-state index in [9.17, 15) is 0 Å². The quantitative estimate of drug-likeness (QED) is 0.571. The normalized spacial score (nSPS) is 18.2. The highest BCUT2D eigenvalue weighted by molar-refractivity contribution is 5.30. The Bertz CT molecular complexity index is 192. The summed E-state index contributed by atoms with van der Waals surface area (Å²) >= 11 is 0. The topological polar surface area (TPSA) is 38.5 Å². The van der Waals surface area contributed by atoms with Gasteiger partial charge in [0.05, 0.1) is 6.61 Å². The molecule has 0 aliphatic carbocycles. The van der Waals surface area contributed by atoms with E-state index < -0.39 is 0 Å². The fourth-order valence-electron chi connectivity index (χ4n) is 0.921. The Labute approximate surface area is 58.4 Å². The summed E-state index contributed by atoms with van der Waals surface area (Å²) in [6.45, 7) is 1.66. The molecule has 1 aliphatic heterocycles. The second-order valence-electron chi connectivity index (χ2n) is 2.09. The number of nitrogens with zero attached hydrogens (tertiary/aromatic N) is 2. The Morgan fingerprint density at radius 1 is 1.70 bits per heavy atom. The molecule has 2 rings (SSSR count). The van der Waals surface area contributed by atoms with Crippen molar-refractivity contribution in [3.8, 4) is 0 Å². The predicted molar refractivity (Wildman–Crippen MR) is 33.3 cm³/mol. The smallest absolute Gasteiger partial charge is 0.285 e. The molecule has 53 valence electrons. The third-order valence-corrected chi connectivity index (χ3v) is 1.39. The standard InChI is InChI=1S/C6H7N2O2/c1-2-8(10-3-1)6-4-9-5-7-6/h4H,1-3H2. The van der Waals surface area contributed by atoms with Crippen LogP contribution in [0.25, 0.3) is 0 Å². The van der Waals surface area contributed by atoms with Crippen molar-refractivity contribution in [3.05, 3.63) is 12.7 Å². The lowest BCUT2D eigenvalue weighted by Gasteiger charge is -2.09. The Kier molecular flexibility index (Phi) is 1.32. The number of aromatic nitrogens is 1. The minimum Gasteiger partial charge on any atom is -0.439 e. The van der Waals surface area contributed by atoms with Gasteiger partial charge in [-0.2, -0.15) is 4.98 Å². The van der Waals surface area contributed by atoms with Gasteiger partial charge in [0, 0.05) is 6.54 Å². The molecule has 1 radical (unpaired) electrons. The van der Waals surface area contributed by atoms with Gasteiger partial charge in [-0.15, -0.1) is 0 Å². The predicted octanol–water partition coefficient (Wildman–Crippen LogP) is 0.616. The second kappa shape index (κ2) is 2.30. The number of hydrogen-bond donors (Lipinski definition) is 0. The van der Waals surface area contributed by atoms with Crippen molar-refractivity contribution in [1.29, 1.82) is 0 Å². The maximum Gasteiger partial charge on any atom is 0.285 e. The van der Waals surface area contributed by atoms with E-state index >= 15 is 0 Å². The van der Waals surface area contributed by atoms with E-state index in [4.69, 9.17) is 4.84 Å². The van der Waals surface area contributed by atoms with E-state index in [1.807, 2.05) is 0 Å². The summed E-state index contributed by atoms with van der Waals surface area (Å²) in [6.07, 6.45) is 4.93. The van der Waals surface area contributed by atoms with Gasteiger partial charge in [0.2, 0.25) is 0 Å². The van der Waals surface area contributed by atoms with E-state index in [0.29, 0.717) is 5.82 Å². The first kappa shape index (κ1) is 5.73. The van der Waals surface area contributed by atoms with Crippen molar-refractivity contribution in [3.63, 3.8) is 0 Å². The largest absolute Gasteiger partial charge is 0.439 e. The monoisotopic (exact) mass is 139 g/mol. The van der Waals surface area contributed by atoms with Crippen LogP contribution in [0.2, 0.25) is 0 Å². The first-order valence-corrected chi connectivity index (χ1v) is 3.19. The zero-order valence-corrected chi connectivity index (χ0v) is 5.41. The van der Waals surface area contributed by atoms with Gasteiger partial charge >= 0.3 is 0 Å². The van der Waals surface area contributed by atoms with Crippen LogP contribution in [-0.4, -0.2) is 18.1 Å². The van der Waals surface area contributed by atoms with E-state index in [1.54, 1.807) is 5.06 Å². The highest BCUT2D eigenvalue weighted by Crippen LogP contribution is 2.14. The lowest BCUT2D eigenvalue weighted by atomic mass is 10.5. The van der Waals surface area contributed by atoms with E-state index in [0.717, 1.165) is 19.6 Å². The number of oxazole rings is 1. The molecule has 4 heteroatoms. The van der Waals surface area contributed by atoms with Crippen molar-refractivity contribution >= 4 is 5.82 Å². The summed E-state index contributed by atoms with van der Waals surface area (Å²) in [6, 6.07) is 0. The van der Waals surface area contributed by atoms with Crippen molar-refractivity contribution in [2.75, 3.05) is 18.2 Å². The molecule has 0 unspecified atom stereocenters. The molecule has 0 saturated carbocycles. The molecule has 0 bridgehead atoms. The van der Waals surface area contributed by atoms with Crippen LogP contribution in [0.1, 0.15) is 6.42 Å². The highest BCUT2D eigenvalue weighted by Gasteiger charge is 2.14. The van der Waals surface area contributed by atoms with Gasteiger partial charge in [0.15, 0.2) is 5.82 Å². The average molecular weight is 139 g/mol. The molecule has 0 amide bonds. The van der Waals surface area contributed by atoms with Crippen LogP contribution >= 0.6 is 0 Å². The Morgan fingerprint density at radius 3 is 3.30 bits per heavy atom. The summed E-state index contributed by atoms with van der Waals surface area (Å²) in [7, 11) is 0. The minimum absolute atomic E-state index is 0.706. The fourth-order valence-corrected chi connectivity index (χ4v) is 0.921. The van der Waals surface area contributed by atoms with Gasteiger partial charge in [0.1, 0.15) is 6.26 Å². The number of rotatable bonds is 1. The van der Waals surface area contributed by atoms with Gasteiger partial charge in [0.25, 0.3) is 6.39 Å². The average Bonchev–Trinajstić information content (AvgIpc) is 2.59. The number of hydroxylamine groups is 1. The van der Waals surface area contributed by atoms with Gasteiger partial charge in [-0.3, -0.25) is 4.84 Å². The van der Waals surface area contributed by atoms with Gasteiger partial charge in [-0.05, 0) is 6.42 Å². The fraction of sp³-hybridized carbons (Fsp3) is 0.500. The molecule has 4 nitrogen and oxygen atoms in total. The van der Waals surface area contributed by atoms with Crippen molar-refractivity contribution in [2.24, 2.45) is 0 Å². The Hall–Kier alpha value is -1.03. The van der Waals surface area contributed by atoms with Crippen LogP contribution in [-0.2, 0) is 4.84 Å². The van der Waals surface area contributed by atoms with Gasteiger partial charge in [-0.1, -0.05) is 0 Å². The highest BCUT2D eigenvalue weighted by atomic mass is 16.7. The molecule has 0 N–H and O–H groups in total. The molecular weight excluding hydrogens is 132 g/mol. The molecule has 1 aromatic rings. The van der Waals surface area contributed by atoms with Gasteiger partial charge < -0.3 is 4.42 Å². The molecule has 0 aromatic carbocycles. The molecule has 10 heavy (non-hydrogen) atoms. The summed E-state index contributed by atoms with van der Waals surface area (Å²) in [5.41, 5.74) is 0. The number of hydrogen-bond acceptors (Lipinski definition) is 4. The SMILES string of the molecule is [c]1nc(N2CCCO2)co1. The van der Waals surface area contributed by atoms with E-state index in [1.165, 1.54) is 6.26 Å². The summed E-state index contributed by atoms with van der Waals surface area (Å²) in [5.74, 6) is 0.706. The van der Waals surface area contributed by atoms with Crippen LogP contribution in [0.4, 0.5) is 5.82 Å². The van der Waals surface area contributed by atoms with E-state index in [2.05, 4.69) is 15.8 Å².